The maximum Gasteiger partial charge on any atom is 0.303 e. The fourth-order valence-electron chi connectivity index (χ4n) is 2.31. The highest BCUT2D eigenvalue weighted by Crippen LogP contribution is 2.35. The first-order chi connectivity index (χ1) is 11.1. The number of hydrogen-bond acceptors (Lipinski definition) is 3. The highest BCUT2D eigenvalue weighted by atomic mass is 35.5. The van der Waals surface area contributed by atoms with Crippen LogP contribution in [0.4, 0.5) is 0 Å². The summed E-state index contributed by atoms with van der Waals surface area (Å²) in [6, 6.07) is 15.5. The van der Waals surface area contributed by atoms with Gasteiger partial charge in [-0.15, -0.1) is 11.3 Å². The summed E-state index contributed by atoms with van der Waals surface area (Å²) < 4.78 is 6.95. The van der Waals surface area contributed by atoms with Crippen LogP contribution in [0.5, 0.6) is 5.75 Å². The average molecular weight is 347 g/mol. The van der Waals surface area contributed by atoms with Gasteiger partial charge < -0.3 is 9.84 Å². The molecule has 118 valence electrons. The normalized spacial score (nSPS) is 10.8. The van der Waals surface area contributed by atoms with Crippen molar-refractivity contribution in [3.63, 3.8) is 0 Å². The highest BCUT2D eigenvalue weighted by molar-refractivity contribution is 7.19. The number of hydrogen-bond donors (Lipinski definition) is 1. The monoisotopic (exact) mass is 346 g/mol. The van der Waals surface area contributed by atoms with E-state index < -0.39 is 5.97 Å². The molecule has 1 aromatic heterocycles. The van der Waals surface area contributed by atoms with Crippen LogP contribution in [0, 0.1) is 0 Å². The van der Waals surface area contributed by atoms with Gasteiger partial charge in [-0.05, 0) is 30.2 Å². The smallest absolute Gasteiger partial charge is 0.303 e. The Morgan fingerprint density at radius 1 is 1.13 bits per heavy atom. The van der Waals surface area contributed by atoms with E-state index in [1.165, 1.54) is 0 Å². The summed E-state index contributed by atoms with van der Waals surface area (Å²) in [6.07, 6.45) is 0.662. The van der Waals surface area contributed by atoms with Gasteiger partial charge in [-0.2, -0.15) is 0 Å². The molecule has 5 heteroatoms. The van der Waals surface area contributed by atoms with E-state index in [1.54, 1.807) is 11.3 Å². The quantitative estimate of drug-likeness (QED) is 0.671. The average Bonchev–Trinajstić information content (AvgIpc) is 2.88. The molecule has 0 saturated carbocycles. The number of carboxylic acids is 1. The van der Waals surface area contributed by atoms with Gasteiger partial charge in [0.25, 0.3) is 0 Å². The van der Waals surface area contributed by atoms with Crippen molar-refractivity contribution >= 4 is 39.0 Å². The molecule has 0 atom stereocenters. The molecule has 0 fully saturated rings. The molecule has 1 heterocycles. The van der Waals surface area contributed by atoms with Crippen molar-refractivity contribution in [3.05, 3.63) is 64.0 Å². The molecule has 3 aromatic rings. The highest BCUT2D eigenvalue weighted by Gasteiger charge is 2.10. The van der Waals surface area contributed by atoms with Crippen molar-refractivity contribution < 1.29 is 14.6 Å². The van der Waals surface area contributed by atoms with E-state index in [0.717, 1.165) is 31.3 Å². The molecular formula is C18H15ClO3S. The second kappa shape index (κ2) is 7.02. The molecule has 0 aliphatic carbocycles. The Bertz CT molecular complexity index is 824. The number of ether oxygens (including phenoxy) is 1. The predicted molar refractivity (Wildman–Crippen MR) is 93.6 cm³/mol. The number of rotatable bonds is 6. The third-order valence-corrected chi connectivity index (χ3v) is 5.21. The van der Waals surface area contributed by atoms with Crippen molar-refractivity contribution in [1.82, 2.24) is 0 Å². The van der Waals surface area contributed by atoms with E-state index >= 15 is 0 Å². The topological polar surface area (TPSA) is 46.5 Å². The van der Waals surface area contributed by atoms with Crippen molar-refractivity contribution in [2.24, 2.45) is 0 Å². The van der Waals surface area contributed by atoms with Gasteiger partial charge in [0.05, 0.1) is 9.90 Å². The SMILES string of the molecule is O=C(O)CCc1ccc(OCc2sc3ccccc3c2Cl)cc1. The number of carbonyl (C=O) groups is 1. The summed E-state index contributed by atoms with van der Waals surface area (Å²) in [5, 5.41) is 10.5. The molecule has 0 bridgehead atoms. The zero-order valence-electron chi connectivity index (χ0n) is 12.3. The van der Waals surface area contributed by atoms with Gasteiger partial charge in [0.1, 0.15) is 12.4 Å². The van der Waals surface area contributed by atoms with Crippen molar-refractivity contribution in [1.29, 1.82) is 0 Å². The van der Waals surface area contributed by atoms with Crippen LogP contribution >= 0.6 is 22.9 Å². The number of aryl methyl sites for hydroxylation is 1. The van der Waals surface area contributed by atoms with E-state index in [0.29, 0.717) is 13.0 Å². The lowest BCUT2D eigenvalue weighted by Gasteiger charge is -2.06. The second-order valence-corrected chi connectivity index (χ2v) is 6.68. The molecule has 2 aromatic carbocycles. The standard InChI is InChI=1S/C18H15ClO3S/c19-18-14-3-1-2-4-15(14)23-16(18)11-22-13-8-5-12(6-9-13)7-10-17(20)21/h1-6,8-9H,7,10-11H2,(H,20,21). The number of thiophene rings is 1. The van der Waals surface area contributed by atoms with Crippen LogP contribution < -0.4 is 4.74 Å². The minimum absolute atomic E-state index is 0.137. The first-order valence-electron chi connectivity index (χ1n) is 7.23. The Kier molecular flexibility index (Phi) is 4.84. The molecule has 0 saturated heterocycles. The predicted octanol–water partition coefficient (Wildman–Crippen LogP) is 5.15. The van der Waals surface area contributed by atoms with Crippen molar-refractivity contribution in [2.45, 2.75) is 19.4 Å². The molecular weight excluding hydrogens is 332 g/mol. The van der Waals surface area contributed by atoms with E-state index in [1.807, 2.05) is 48.5 Å². The molecule has 0 aliphatic rings. The Morgan fingerprint density at radius 3 is 2.57 bits per heavy atom. The fourth-order valence-corrected chi connectivity index (χ4v) is 3.71. The number of benzene rings is 2. The van der Waals surface area contributed by atoms with Crippen LogP contribution in [0.3, 0.4) is 0 Å². The lowest BCUT2D eigenvalue weighted by molar-refractivity contribution is -0.136. The van der Waals surface area contributed by atoms with E-state index in [4.69, 9.17) is 21.4 Å². The van der Waals surface area contributed by atoms with Gasteiger partial charge in [-0.3, -0.25) is 4.79 Å². The largest absolute Gasteiger partial charge is 0.488 e. The van der Waals surface area contributed by atoms with E-state index in [-0.39, 0.29) is 6.42 Å². The molecule has 0 unspecified atom stereocenters. The summed E-state index contributed by atoms with van der Waals surface area (Å²) in [4.78, 5) is 11.6. The maximum absolute atomic E-state index is 10.6. The lowest BCUT2D eigenvalue weighted by Crippen LogP contribution is -1.98. The number of fused-ring (bicyclic) bond motifs is 1. The van der Waals surface area contributed by atoms with Crippen LogP contribution in [0.25, 0.3) is 10.1 Å². The molecule has 0 aliphatic heterocycles. The van der Waals surface area contributed by atoms with E-state index in [9.17, 15) is 4.79 Å². The number of aliphatic carboxylic acids is 1. The number of halogens is 1. The third-order valence-electron chi connectivity index (χ3n) is 3.52. The molecule has 0 radical (unpaired) electrons. The minimum atomic E-state index is -0.787. The maximum atomic E-state index is 10.6. The third kappa shape index (κ3) is 3.84. The van der Waals surface area contributed by atoms with Gasteiger partial charge in [0, 0.05) is 16.5 Å². The molecule has 3 rings (SSSR count). The van der Waals surface area contributed by atoms with Crippen LogP contribution in [0.2, 0.25) is 5.02 Å². The van der Waals surface area contributed by atoms with Gasteiger partial charge in [0.2, 0.25) is 0 Å². The van der Waals surface area contributed by atoms with Crippen LogP contribution in [0.15, 0.2) is 48.5 Å². The summed E-state index contributed by atoms with van der Waals surface area (Å²) in [6.45, 7) is 0.423. The van der Waals surface area contributed by atoms with Crippen molar-refractivity contribution in [3.8, 4) is 5.75 Å². The van der Waals surface area contributed by atoms with Gasteiger partial charge in [-0.1, -0.05) is 41.9 Å². The molecule has 0 amide bonds. The Hall–Kier alpha value is -2.04. The minimum Gasteiger partial charge on any atom is -0.488 e. The lowest BCUT2D eigenvalue weighted by atomic mass is 10.1. The number of carboxylic acid groups (broad SMARTS) is 1. The summed E-state index contributed by atoms with van der Waals surface area (Å²) in [5.74, 6) is -0.0395. The Labute approximate surface area is 143 Å². The fraction of sp³-hybridized carbons (Fsp3) is 0.167. The molecule has 3 nitrogen and oxygen atoms in total. The van der Waals surface area contributed by atoms with Crippen LogP contribution in [-0.4, -0.2) is 11.1 Å². The van der Waals surface area contributed by atoms with Gasteiger partial charge in [-0.25, -0.2) is 0 Å². The summed E-state index contributed by atoms with van der Waals surface area (Å²) in [7, 11) is 0. The van der Waals surface area contributed by atoms with Gasteiger partial charge in [0.15, 0.2) is 0 Å². The molecule has 0 spiro atoms. The summed E-state index contributed by atoms with van der Waals surface area (Å²) in [5.41, 5.74) is 0.986. The summed E-state index contributed by atoms with van der Waals surface area (Å²) >= 11 is 8.03. The van der Waals surface area contributed by atoms with Crippen molar-refractivity contribution in [2.75, 3.05) is 0 Å². The first kappa shape index (κ1) is 15.8. The van der Waals surface area contributed by atoms with Gasteiger partial charge >= 0.3 is 5.97 Å². The zero-order valence-corrected chi connectivity index (χ0v) is 13.9. The van der Waals surface area contributed by atoms with Crippen LogP contribution in [-0.2, 0) is 17.8 Å². The van der Waals surface area contributed by atoms with Crippen LogP contribution in [0.1, 0.15) is 16.9 Å². The second-order valence-electron chi connectivity index (χ2n) is 5.16. The zero-order chi connectivity index (χ0) is 16.2. The van der Waals surface area contributed by atoms with E-state index in [2.05, 4.69) is 0 Å². The molecule has 23 heavy (non-hydrogen) atoms. The molecule has 1 N–H and O–H groups in total. The Balaban J connectivity index is 1.65. The Morgan fingerprint density at radius 2 is 1.87 bits per heavy atom. The first-order valence-corrected chi connectivity index (χ1v) is 8.42.